The maximum atomic E-state index is 13.0. The van der Waals surface area contributed by atoms with Crippen molar-refractivity contribution in [3.8, 4) is 0 Å². The molecule has 1 aliphatic rings. The Bertz CT molecular complexity index is 560. The molecule has 1 unspecified atom stereocenters. The zero-order valence-corrected chi connectivity index (χ0v) is 14.9. The third-order valence-electron chi connectivity index (χ3n) is 4.39. The lowest BCUT2D eigenvalue weighted by Crippen LogP contribution is -2.44. The van der Waals surface area contributed by atoms with Gasteiger partial charge in [0.2, 0.25) is 11.8 Å². The number of carbonyl (C=O) groups excluding carboxylic acids is 2. The van der Waals surface area contributed by atoms with E-state index in [-0.39, 0.29) is 29.3 Å². The molecule has 126 valence electrons. The van der Waals surface area contributed by atoms with Crippen LogP contribution in [-0.4, -0.2) is 39.7 Å². The number of nitrogens with zero attached hydrogens (tertiary/aromatic N) is 2. The summed E-state index contributed by atoms with van der Waals surface area (Å²) in [7, 11) is 0. The van der Waals surface area contributed by atoms with Gasteiger partial charge in [0.15, 0.2) is 0 Å². The minimum atomic E-state index is -0.229. The topological polar surface area (TPSA) is 40.6 Å². The van der Waals surface area contributed by atoms with Crippen LogP contribution < -0.4 is 0 Å². The lowest BCUT2D eigenvalue weighted by atomic mass is 10.0. The van der Waals surface area contributed by atoms with Crippen molar-refractivity contribution in [3.05, 3.63) is 35.9 Å². The van der Waals surface area contributed by atoms with Crippen molar-refractivity contribution < 1.29 is 9.59 Å². The molecule has 0 aromatic heterocycles. The molecule has 2 amide bonds. The number of hydrogen-bond donors (Lipinski definition) is 0. The molecule has 1 aromatic rings. The number of carbonyl (C=O) groups is 2. The van der Waals surface area contributed by atoms with Gasteiger partial charge in [0, 0.05) is 31.1 Å². The molecule has 1 heterocycles. The zero-order chi connectivity index (χ0) is 17.2. The van der Waals surface area contributed by atoms with Crippen molar-refractivity contribution in [2.24, 2.45) is 5.92 Å². The fourth-order valence-electron chi connectivity index (χ4n) is 3.05. The van der Waals surface area contributed by atoms with Crippen LogP contribution in [-0.2, 0) is 16.1 Å². The first-order valence-electron chi connectivity index (χ1n) is 8.35. The second-order valence-corrected chi connectivity index (χ2v) is 7.62. The summed E-state index contributed by atoms with van der Waals surface area (Å²) < 4.78 is 0. The van der Waals surface area contributed by atoms with E-state index in [1.807, 2.05) is 74.8 Å². The molecule has 1 aromatic carbocycles. The average Bonchev–Trinajstić information content (AvgIpc) is 2.87. The Balaban J connectivity index is 2.12. The summed E-state index contributed by atoms with van der Waals surface area (Å²) in [4.78, 5) is 28.9. The molecule has 4 heteroatoms. The van der Waals surface area contributed by atoms with Crippen molar-refractivity contribution in [2.45, 2.75) is 59.2 Å². The van der Waals surface area contributed by atoms with Crippen molar-refractivity contribution >= 4 is 11.8 Å². The minimum absolute atomic E-state index is 0.0827. The van der Waals surface area contributed by atoms with Crippen molar-refractivity contribution in [3.63, 3.8) is 0 Å². The fraction of sp³-hybridized carbons (Fsp3) is 0.579. The van der Waals surface area contributed by atoms with E-state index in [2.05, 4.69) is 0 Å². The third kappa shape index (κ3) is 4.12. The zero-order valence-electron chi connectivity index (χ0n) is 14.9. The number of amides is 2. The third-order valence-corrected chi connectivity index (χ3v) is 4.39. The highest BCUT2D eigenvalue weighted by Gasteiger charge is 2.41. The lowest BCUT2D eigenvalue weighted by Gasteiger charge is -2.33. The number of likely N-dealkylation sites (tertiary alicyclic amines) is 1. The van der Waals surface area contributed by atoms with Gasteiger partial charge in [0.25, 0.3) is 0 Å². The monoisotopic (exact) mass is 316 g/mol. The van der Waals surface area contributed by atoms with Crippen LogP contribution in [0, 0.1) is 5.92 Å². The highest BCUT2D eigenvalue weighted by Crippen LogP contribution is 2.28. The van der Waals surface area contributed by atoms with Gasteiger partial charge in [-0.1, -0.05) is 30.3 Å². The Morgan fingerprint density at radius 2 is 1.87 bits per heavy atom. The molecular formula is C19H28N2O2. The normalized spacial score (nSPS) is 18.6. The molecule has 1 atom stereocenters. The van der Waals surface area contributed by atoms with Crippen molar-refractivity contribution in [1.29, 1.82) is 0 Å². The van der Waals surface area contributed by atoms with Gasteiger partial charge in [-0.15, -0.1) is 0 Å². The quantitative estimate of drug-likeness (QED) is 0.856. The van der Waals surface area contributed by atoms with E-state index in [1.54, 1.807) is 0 Å². The molecule has 2 rings (SSSR count). The van der Waals surface area contributed by atoms with Crippen LogP contribution in [0.2, 0.25) is 0 Å². The number of hydrogen-bond acceptors (Lipinski definition) is 2. The van der Waals surface area contributed by atoms with E-state index >= 15 is 0 Å². The molecule has 0 spiro atoms. The molecule has 1 fully saturated rings. The first-order valence-corrected chi connectivity index (χ1v) is 8.35. The van der Waals surface area contributed by atoms with Gasteiger partial charge in [-0.25, -0.2) is 0 Å². The summed E-state index contributed by atoms with van der Waals surface area (Å²) in [5.41, 5.74) is 0.889. The number of benzene rings is 1. The molecule has 4 nitrogen and oxygen atoms in total. The average molecular weight is 316 g/mol. The molecule has 0 N–H and O–H groups in total. The van der Waals surface area contributed by atoms with Crippen LogP contribution in [0.3, 0.4) is 0 Å². The maximum absolute atomic E-state index is 13.0. The number of rotatable bonds is 4. The minimum Gasteiger partial charge on any atom is -0.337 e. The van der Waals surface area contributed by atoms with Crippen molar-refractivity contribution in [1.82, 2.24) is 9.80 Å². The fourth-order valence-corrected chi connectivity index (χ4v) is 3.05. The van der Waals surface area contributed by atoms with Crippen LogP contribution in [0.4, 0.5) is 0 Å². The van der Waals surface area contributed by atoms with Gasteiger partial charge >= 0.3 is 0 Å². The predicted molar refractivity (Wildman–Crippen MR) is 91.7 cm³/mol. The smallest absolute Gasteiger partial charge is 0.228 e. The summed E-state index contributed by atoms with van der Waals surface area (Å²) >= 11 is 0. The molecule has 1 saturated heterocycles. The molecule has 0 bridgehead atoms. The highest BCUT2D eigenvalue weighted by molar-refractivity contribution is 5.89. The summed E-state index contributed by atoms with van der Waals surface area (Å²) in [5.74, 6) is -0.0592. The van der Waals surface area contributed by atoms with Crippen LogP contribution in [0.1, 0.15) is 46.6 Å². The summed E-state index contributed by atoms with van der Waals surface area (Å²) in [6.07, 6.45) is 0.327. The molecule has 1 aliphatic heterocycles. The second kappa shape index (κ2) is 6.73. The van der Waals surface area contributed by atoms with Crippen LogP contribution in [0.5, 0.6) is 0 Å². The molecule has 0 aliphatic carbocycles. The van der Waals surface area contributed by atoms with Crippen LogP contribution in [0.25, 0.3) is 0 Å². The summed E-state index contributed by atoms with van der Waals surface area (Å²) in [6, 6.07) is 10.1. The molecule has 0 saturated carbocycles. The van der Waals surface area contributed by atoms with Crippen molar-refractivity contribution in [2.75, 3.05) is 6.54 Å². The molecular weight excluding hydrogens is 288 g/mol. The van der Waals surface area contributed by atoms with Gasteiger partial charge in [0.05, 0.1) is 5.92 Å². The van der Waals surface area contributed by atoms with E-state index in [0.717, 1.165) is 5.56 Å². The van der Waals surface area contributed by atoms with Gasteiger partial charge in [-0.05, 0) is 40.2 Å². The summed E-state index contributed by atoms with van der Waals surface area (Å²) in [6.45, 7) is 11.2. The summed E-state index contributed by atoms with van der Waals surface area (Å²) in [5, 5.41) is 0. The Labute approximate surface area is 139 Å². The van der Waals surface area contributed by atoms with E-state index in [4.69, 9.17) is 0 Å². The Morgan fingerprint density at radius 1 is 1.26 bits per heavy atom. The Morgan fingerprint density at radius 3 is 2.35 bits per heavy atom. The van der Waals surface area contributed by atoms with Gasteiger partial charge in [-0.3, -0.25) is 9.59 Å². The SMILES string of the molecule is CC(C)N(Cc1ccccc1)C(=O)C1CC(=O)N(C(C)(C)C)C1. The van der Waals surface area contributed by atoms with E-state index in [9.17, 15) is 9.59 Å². The largest absolute Gasteiger partial charge is 0.337 e. The van der Waals surface area contributed by atoms with Gasteiger partial charge in [-0.2, -0.15) is 0 Å². The van der Waals surface area contributed by atoms with E-state index in [0.29, 0.717) is 19.5 Å². The Hall–Kier alpha value is -1.84. The first kappa shape index (κ1) is 17.5. The standard InChI is InChI=1S/C19H28N2O2/c1-14(2)20(12-15-9-7-6-8-10-15)18(23)16-11-17(22)21(13-16)19(3,4)5/h6-10,14,16H,11-13H2,1-5H3. The molecule has 23 heavy (non-hydrogen) atoms. The van der Waals surface area contributed by atoms with E-state index < -0.39 is 0 Å². The van der Waals surface area contributed by atoms with Gasteiger partial charge in [0.1, 0.15) is 0 Å². The molecule has 0 radical (unpaired) electrons. The van der Waals surface area contributed by atoms with Crippen LogP contribution >= 0.6 is 0 Å². The second-order valence-electron chi connectivity index (χ2n) is 7.62. The lowest BCUT2D eigenvalue weighted by molar-refractivity contribution is -0.138. The van der Waals surface area contributed by atoms with Gasteiger partial charge < -0.3 is 9.80 Å². The Kier molecular flexibility index (Phi) is 5.12. The van der Waals surface area contributed by atoms with E-state index in [1.165, 1.54) is 0 Å². The van der Waals surface area contributed by atoms with Crippen LogP contribution in [0.15, 0.2) is 30.3 Å². The highest BCUT2D eigenvalue weighted by atomic mass is 16.2. The first-order chi connectivity index (χ1) is 10.7. The predicted octanol–water partition coefficient (Wildman–Crippen LogP) is 3.07. The maximum Gasteiger partial charge on any atom is 0.228 e.